The van der Waals surface area contributed by atoms with Gasteiger partial charge in [0, 0.05) is 12.1 Å². The van der Waals surface area contributed by atoms with Crippen molar-refractivity contribution in [3.63, 3.8) is 0 Å². The van der Waals surface area contributed by atoms with Gasteiger partial charge in [0.1, 0.15) is 0 Å². The fourth-order valence-corrected chi connectivity index (χ4v) is 3.43. The second-order valence-corrected chi connectivity index (χ2v) is 6.66. The topological polar surface area (TPSA) is 3.24 Å². The summed E-state index contributed by atoms with van der Waals surface area (Å²) >= 11 is 0. The van der Waals surface area contributed by atoms with Gasteiger partial charge in [-0.2, -0.15) is 0 Å². The summed E-state index contributed by atoms with van der Waals surface area (Å²) in [6.07, 6.45) is 9.83. The van der Waals surface area contributed by atoms with Gasteiger partial charge in [-0.05, 0) is 51.5 Å². The quantitative estimate of drug-likeness (QED) is 0.595. The summed E-state index contributed by atoms with van der Waals surface area (Å²) < 4.78 is 0. The van der Waals surface area contributed by atoms with Crippen molar-refractivity contribution in [2.45, 2.75) is 91.6 Å². The molecular weight excluding hydrogens is 218 g/mol. The molecule has 0 radical (unpaired) electrons. The zero-order chi connectivity index (χ0) is 13.5. The molecule has 1 heteroatoms. The van der Waals surface area contributed by atoms with E-state index in [1.807, 2.05) is 0 Å². The van der Waals surface area contributed by atoms with Crippen molar-refractivity contribution in [3.8, 4) is 0 Å². The minimum absolute atomic E-state index is 0.767. The highest BCUT2D eigenvalue weighted by atomic mass is 15.2. The highest BCUT2D eigenvalue weighted by Gasteiger charge is 2.30. The second kappa shape index (κ2) is 8.19. The first-order valence-electron chi connectivity index (χ1n) is 8.33. The first-order chi connectivity index (χ1) is 8.57. The van der Waals surface area contributed by atoms with Gasteiger partial charge in [0.15, 0.2) is 0 Å². The lowest BCUT2D eigenvalue weighted by Crippen LogP contribution is -2.43. The lowest BCUT2D eigenvalue weighted by Gasteiger charge is -2.36. The maximum atomic E-state index is 2.79. The standard InChI is InChI=1S/C17H35N/c1-6-7-8-9-10-13-18-15(3)12-11-14(2)16(4)17(18)5/h14-17H,6-13H2,1-5H3. The first kappa shape index (κ1) is 16.0. The summed E-state index contributed by atoms with van der Waals surface area (Å²) in [7, 11) is 0. The Labute approximate surface area is 115 Å². The molecule has 1 rings (SSSR count). The van der Waals surface area contributed by atoms with Crippen LogP contribution in [0, 0.1) is 11.8 Å². The monoisotopic (exact) mass is 253 g/mol. The largest absolute Gasteiger partial charge is 0.298 e. The van der Waals surface area contributed by atoms with E-state index in [1.165, 1.54) is 51.5 Å². The number of unbranched alkanes of at least 4 members (excludes halogenated alkanes) is 4. The predicted molar refractivity (Wildman–Crippen MR) is 82.0 cm³/mol. The van der Waals surface area contributed by atoms with Crippen LogP contribution in [0.15, 0.2) is 0 Å². The van der Waals surface area contributed by atoms with Crippen LogP contribution < -0.4 is 0 Å². The van der Waals surface area contributed by atoms with Crippen molar-refractivity contribution >= 4 is 0 Å². The first-order valence-corrected chi connectivity index (χ1v) is 8.33. The van der Waals surface area contributed by atoms with E-state index in [0.29, 0.717) is 0 Å². The summed E-state index contributed by atoms with van der Waals surface area (Å²) in [5.41, 5.74) is 0. The Morgan fingerprint density at radius 2 is 1.56 bits per heavy atom. The third-order valence-electron chi connectivity index (χ3n) is 5.31. The fourth-order valence-electron chi connectivity index (χ4n) is 3.43. The Bertz CT molecular complexity index is 214. The third-order valence-corrected chi connectivity index (χ3v) is 5.31. The zero-order valence-electron chi connectivity index (χ0n) is 13.4. The lowest BCUT2D eigenvalue weighted by atomic mass is 9.88. The minimum Gasteiger partial charge on any atom is -0.298 e. The molecule has 4 unspecified atom stereocenters. The van der Waals surface area contributed by atoms with Crippen molar-refractivity contribution in [2.24, 2.45) is 11.8 Å². The van der Waals surface area contributed by atoms with Crippen molar-refractivity contribution in [2.75, 3.05) is 6.54 Å². The van der Waals surface area contributed by atoms with Crippen LogP contribution in [0.3, 0.4) is 0 Å². The third kappa shape index (κ3) is 4.57. The van der Waals surface area contributed by atoms with Crippen LogP contribution >= 0.6 is 0 Å². The van der Waals surface area contributed by atoms with Gasteiger partial charge in [-0.25, -0.2) is 0 Å². The summed E-state index contributed by atoms with van der Waals surface area (Å²) in [4.78, 5) is 2.79. The van der Waals surface area contributed by atoms with E-state index in [1.54, 1.807) is 0 Å². The average molecular weight is 253 g/mol. The van der Waals surface area contributed by atoms with Gasteiger partial charge in [-0.1, -0.05) is 46.5 Å². The van der Waals surface area contributed by atoms with Gasteiger partial charge >= 0.3 is 0 Å². The van der Waals surface area contributed by atoms with Crippen LogP contribution in [0.25, 0.3) is 0 Å². The van der Waals surface area contributed by atoms with Gasteiger partial charge in [0.2, 0.25) is 0 Å². The van der Waals surface area contributed by atoms with Crippen LogP contribution in [-0.2, 0) is 0 Å². The Balaban J connectivity index is 2.40. The molecular formula is C17H35N. The molecule has 1 aliphatic rings. The molecule has 0 N–H and O–H groups in total. The molecule has 0 amide bonds. The van der Waals surface area contributed by atoms with E-state index in [2.05, 4.69) is 39.5 Å². The molecule has 0 bridgehead atoms. The molecule has 1 nitrogen and oxygen atoms in total. The Kier molecular flexibility index (Phi) is 7.29. The number of nitrogens with zero attached hydrogens (tertiary/aromatic N) is 1. The highest BCUT2D eigenvalue weighted by molar-refractivity contribution is 4.84. The molecule has 0 aromatic rings. The molecule has 0 spiro atoms. The summed E-state index contributed by atoms with van der Waals surface area (Å²) in [5.74, 6) is 1.75. The van der Waals surface area contributed by atoms with Gasteiger partial charge in [0.25, 0.3) is 0 Å². The molecule has 1 heterocycles. The lowest BCUT2D eigenvalue weighted by molar-refractivity contribution is 0.117. The van der Waals surface area contributed by atoms with Crippen LogP contribution in [0.5, 0.6) is 0 Å². The summed E-state index contributed by atoms with van der Waals surface area (Å²) in [6, 6.07) is 1.56. The number of rotatable bonds is 6. The van der Waals surface area contributed by atoms with Gasteiger partial charge < -0.3 is 0 Å². The predicted octanol–water partition coefficient (Wildman–Crippen LogP) is 5.10. The molecule has 18 heavy (non-hydrogen) atoms. The normalized spacial score (nSPS) is 34.5. The molecule has 1 saturated heterocycles. The van der Waals surface area contributed by atoms with E-state index in [0.717, 1.165) is 23.9 Å². The number of hydrogen-bond acceptors (Lipinski definition) is 1. The molecule has 1 fully saturated rings. The number of likely N-dealkylation sites (tertiary alicyclic amines) is 1. The molecule has 108 valence electrons. The molecule has 0 saturated carbocycles. The van der Waals surface area contributed by atoms with Gasteiger partial charge in [-0.15, -0.1) is 0 Å². The summed E-state index contributed by atoms with van der Waals surface area (Å²) in [6.45, 7) is 13.4. The van der Waals surface area contributed by atoms with Crippen LogP contribution in [0.2, 0.25) is 0 Å². The minimum atomic E-state index is 0.767. The van der Waals surface area contributed by atoms with E-state index < -0.39 is 0 Å². The van der Waals surface area contributed by atoms with Gasteiger partial charge in [0.05, 0.1) is 0 Å². The Morgan fingerprint density at radius 1 is 0.889 bits per heavy atom. The maximum absolute atomic E-state index is 2.79. The average Bonchev–Trinajstić information content (AvgIpc) is 2.45. The van der Waals surface area contributed by atoms with E-state index in [4.69, 9.17) is 0 Å². The van der Waals surface area contributed by atoms with Crippen molar-refractivity contribution in [1.29, 1.82) is 0 Å². The van der Waals surface area contributed by atoms with Crippen LogP contribution in [0.1, 0.15) is 79.6 Å². The number of hydrogen-bond donors (Lipinski definition) is 0. The molecule has 0 aromatic carbocycles. The maximum Gasteiger partial charge on any atom is 0.00979 e. The Hall–Kier alpha value is -0.0400. The van der Waals surface area contributed by atoms with E-state index >= 15 is 0 Å². The second-order valence-electron chi connectivity index (χ2n) is 6.66. The van der Waals surface area contributed by atoms with Gasteiger partial charge in [-0.3, -0.25) is 4.90 Å². The highest BCUT2D eigenvalue weighted by Crippen LogP contribution is 2.31. The van der Waals surface area contributed by atoms with E-state index in [-0.39, 0.29) is 0 Å². The SMILES string of the molecule is CCCCCCCN1C(C)CCC(C)C(C)C1C. The zero-order valence-corrected chi connectivity index (χ0v) is 13.4. The molecule has 0 aromatic heterocycles. The van der Waals surface area contributed by atoms with E-state index in [9.17, 15) is 0 Å². The smallest absolute Gasteiger partial charge is 0.00979 e. The molecule has 0 aliphatic carbocycles. The summed E-state index contributed by atoms with van der Waals surface area (Å²) in [5, 5.41) is 0. The van der Waals surface area contributed by atoms with Crippen molar-refractivity contribution in [1.82, 2.24) is 4.90 Å². The molecule has 1 aliphatic heterocycles. The Morgan fingerprint density at radius 3 is 2.22 bits per heavy atom. The van der Waals surface area contributed by atoms with Crippen molar-refractivity contribution in [3.05, 3.63) is 0 Å². The van der Waals surface area contributed by atoms with Crippen LogP contribution in [-0.4, -0.2) is 23.5 Å². The molecule has 4 atom stereocenters. The fraction of sp³-hybridized carbons (Fsp3) is 1.00. The van der Waals surface area contributed by atoms with Crippen molar-refractivity contribution < 1.29 is 0 Å². The van der Waals surface area contributed by atoms with Crippen LogP contribution in [0.4, 0.5) is 0 Å².